The average Bonchev–Trinajstić information content (AvgIpc) is 2.48. The molecule has 0 saturated carbocycles. The van der Waals surface area contributed by atoms with Crippen LogP contribution in [0.1, 0.15) is 0 Å². The zero-order chi connectivity index (χ0) is 15.2. The van der Waals surface area contributed by atoms with Gasteiger partial charge in [0.25, 0.3) is 0 Å². The SMILES string of the molecule is O=C(O)C(C=Nc1cccc(-c2ccncc2)c1)C(=O)O. The lowest BCUT2D eigenvalue weighted by molar-refractivity contribution is -0.150. The molecule has 0 aliphatic carbocycles. The molecule has 6 heteroatoms. The van der Waals surface area contributed by atoms with Crippen LogP contribution in [0.3, 0.4) is 0 Å². The number of benzene rings is 1. The summed E-state index contributed by atoms with van der Waals surface area (Å²) < 4.78 is 0. The van der Waals surface area contributed by atoms with Gasteiger partial charge in [0, 0.05) is 18.6 Å². The summed E-state index contributed by atoms with van der Waals surface area (Å²) in [5.74, 6) is -4.55. The molecule has 0 aliphatic heterocycles. The lowest BCUT2D eigenvalue weighted by Crippen LogP contribution is -2.24. The molecule has 1 aromatic carbocycles. The molecule has 0 unspecified atom stereocenters. The number of carboxylic acids is 2. The summed E-state index contributed by atoms with van der Waals surface area (Å²) in [4.78, 5) is 29.4. The molecule has 0 bridgehead atoms. The Labute approximate surface area is 120 Å². The normalized spacial score (nSPS) is 10.9. The summed E-state index contributed by atoms with van der Waals surface area (Å²) in [5, 5.41) is 17.6. The van der Waals surface area contributed by atoms with Gasteiger partial charge in [-0.1, -0.05) is 12.1 Å². The first-order valence-corrected chi connectivity index (χ1v) is 6.08. The molecule has 106 valence electrons. The Bertz CT molecular complexity index is 669. The Hall–Kier alpha value is -3.02. The zero-order valence-corrected chi connectivity index (χ0v) is 10.9. The van der Waals surface area contributed by atoms with Gasteiger partial charge < -0.3 is 10.2 Å². The Balaban J connectivity index is 2.26. The van der Waals surface area contributed by atoms with Gasteiger partial charge >= 0.3 is 11.9 Å². The van der Waals surface area contributed by atoms with Gasteiger partial charge in [0.2, 0.25) is 0 Å². The highest BCUT2D eigenvalue weighted by Crippen LogP contribution is 2.23. The number of hydrogen-bond acceptors (Lipinski definition) is 4. The van der Waals surface area contributed by atoms with E-state index >= 15 is 0 Å². The summed E-state index contributed by atoms with van der Waals surface area (Å²) >= 11 is 0. The molecule has 6 nitrogen and oxygen atoms in total. The van der Waals surface area contributed by atoms with Crippen LogP contribution < -0.4 is 0 Å². The number of carbonyl (C=O) groups is 2. The molecule has 21 heavy (non-hydrogen) atoms. The van der Waals surface area contributed by atoms with Crippen molar-refractivity contribution in [3.05, 3.63) is 48.8 Å². The molecule has 0 amide bonds. The standard InChI is InChI=1S/C15H12N2O4/c18-14(19)13(15(20)21)9-17-12-3-1-2-11(8-12)10-4-6-16-7-5-10/h1-9,13H,(H,18,19)(H,20,21). The Morgan fingerprint density at radius 2 is 1.71 bits per heavy atom. The van der Waals surface area contributed by atoms with E-state index in [2.05, 4.69) is 9.98 Å². The van der Waals surface area contributed by atoms with Crippen molar-refractivity contribution in [2.24, 2.45) is 10.9 Å². The lowest BCUT2D eigenvalue weighted by Gasteiger charge is -2.03. The van der Waals surface area contributed by atoms with E-state index in [0.29, 0.717) is 5.69 Å². The summed E-state index contributed by atoms with van der Waals surface area (Å²) in [5.41, 5.74) is 2.31. The minimum Gasteiger partial charge on any atom is -0.480 e. The van der Waals surface area contributed by atoms with E-state index in [1.165, 1.54) is 0 Å². The number of pyridine rings is 1. The van der Waals surface area contributed by atoms with Gasteiger partial charge in [-0.15, -0.1) is 0 Å². The number of aliphatic carboxylic acids is 2. The number of nitrogens with zero attached hydrogens (tertiary/aromatic N) is 2. The van der Waals surface area contributed by atoms with Crippen LogP contribution in [-0.2, 0) is 9.59 Å². The number of aliphatic imine (C=N–C) groups is 1. The zero-order valence-electron chi connectivity index (χ0n) is 10.9. The monoisotopic (exact) mass is 284 g/mol. The largest absolute Gasteiger partial charge is 0.480 e. The number of hydrogen-bond donors (Lipinski definition) is 2. The topological polar surface area (TPSA) is 99.9 Å². The minimum atomic E-state index is -1.66. The van der Waals surface area contributed by atoms with E-state index < -0.39 is 17.9 Å². The molecule has 2 N–H and O–H groups in total. The van der Waals surface area contributed by atoms with Crippen molar-refractivity contribution in [1.29, 1.82) is 0 Å². The first-order valence-electron chi connectivity index (χ1n) is 6.08. The highest BCUT2D eigenvalue weighted by atomic mass is 16.4. The summed E-state index contributed by atoms with van der Waals surface area (Å²) in [6.45, 7) is 0. The molecular weight excluding hydrogens is 272 g/mol. The van der Waals surface area contributed by atoms with Crippen LogP contribution in [-0.4, -0.2) is 33.4 Å². The third-order valence-electron chi connectivity index (χ3n) is 2.76. The maximum atomic E-state index is 10.8. The van der Waals surface area contributed by atoms with Crippen LogP contribution in [0.5, 0.6) is 0 Å². The van der Waals surface area contributed by atoms with Crippen LogP contribution in [0.4, 0.5) is 5.69 Å². The smallest absolute Gasteiger partial charge is 0.323 e. The molecule has 2 aromatic rings. The number of carboxylic acid groups (broad SMARTS) is 2. The van der Waals surface area contributed by atoms with Crippen molar-refractivity contribution in [3.63, 3.8) is 0 Å². The second kappa shape index (κ2) is 6.42. The quantitative estimate of drug-likeness (QED) is 0.647. The minimum absolute atomic E-state index is 0.483. The second-order valence-electron chi connectivity index (χ2n) is 4.22. The van der Waals surface area contributed by atoms with Gasteiger partial charge in [0.15, 0.2) is 5.92 Å². The van der Waals surface area contributed by atoms with Crippen molar-refractivity contribution in [2.45, 2.75) is 0 Å². The van der Waals surface area contributed by atoms with E-state index in [9.17, 15) is 9.59 Å². The Morgan fingerprint density at radius 3 is 2.33 bits per heavy atom. The molecule has 0 radical (unpaired) electrons. The molecule has 0 aliphatic rings. The molecule has 1 aromatic heterocycles. The van der Waals surface area contributed by atoms with Crippen molar-refractivity contribution < 1.29 is 19.8 Å². The Kier molecular flexibility index (Phi) is 4.40. The fraction of sp³-hybridized carbons (Fsp3) is 0.0667. The van der Waals surface area contributed by atoms with Crippen molar-refractivity contribution in [1.82, 2.24) is 4.98 Å². The van der Waals surface area contributed by atoms with E-state index in [4.69, 9.17) is 10.2 Å². The van der Waals surface area contributed by atoms with Gasteiger partial charge in [-0.3, -0.25) is 19.6 Å². The van der Waals surface area contributed by atoms with Gasteiger partial charge in [-0.2, -0.15) is 0 Å². The molecular formula is C15H12N2O4. The maximum Gasteiger partial charge on any atom is 0.323 e. The maximum absolute atomic E-state index is 10.8. The number of rotatable bonds is 5. The van der Waals surface area contributed by atoms with Gasteiger partial charge in [-0.05, 0) is 35.4 Å². The third kappa shape index (κ3) is 3.73. The van der Waals surface area contributed by atoms with Crippen molar-refractivity contribution in [3.8, 4) is 11.1 Å². The molecule has 0 spiro atoms. The first-order chi connectivity index (χ1) is 10.1. The van der Waals surface area contributed by atoms with E-state index in [0.717, 1.165) is 17.3 Å². The fourth-order valence-electron chi connectivity index (χ4n) is 1.70. The van der Waals surface area contributed by atoms with Crippen LogP contribution in [0.2, 0.25) is 0 Å². The summed E-state index contributed by atoms with van der Waals surface area (Å²) in [6.07, 6.45) is 4.24. The average molecular weight is 284 g/mol. The van der Waals surface area contributed by atoms with Crippen molar-refractivity contribution in [2.75, 3.05) is 0 Å². The molecule has 0 saturated heterocycles. The van der Waals surface area contributed by atoms with Gasteiger partial charge in [0.1, 0.15) is 0 Å². The predicted molar refractivity (Wildman–Crippen MR) is 76.6 cm³/mol. The highest BCUT2D eigenvalue weighted by Gasteiger charge is 2.23. The molecule has 2 rings (SSSR count). The fourth-order valence-corrected chi connectivity index (χ4v) is 1.70. The molecule has 0 atom stereocenters. The van der Waals surface area contributed by atoms with Crippen LogP contribution in [0.15, 0.2) is 53.8 Å². The first kappa shape index (κ1) is 14.4. The van der Waals surface area contributed by atoms with Gasteiger partial charge in [-0.25, -0.2) is 0 Å². The van der Waals surface area contributed by atoms with Crippen LogP contribution >= 0.6 is 0 Å². The Morgan fingerprint density at radius 1 is 1.05 bits per heavy atom. The van der Waals surface area contributed by atoms with Crippen molar-refractivity contribution >= 4 is 23.8 Å². The van der Waals surface area contributed by atoms with Crippen LogP contribution in [0.25, 0.3) is 11.1 Å². The van der Waals surface area contributed by atoms with Gasteiger partial charge in [0.05, 0.1) is 5.69 Å². The predicted octanol–water partition coefficient (Wildman–Crippen LogP) is 2.24. The second-order valence-corrected chi connectivity index (χ2v) is 4.22. The number of aromatic nitrogens is 1. The summed E-state index contributed by atoms with van der Waals surface area (Å²) in [7, 11) is 0. The molecule has 0 fully saturated rings. The van der Waals surface area contributed by atoms with E-state index in [-0.39, 0.29) is 0 Å². The van der Waals surface area contributed by atoms with Crippen LogP contribution in [0, 0.1) is 5.92 Å². The lowest BCUT2D eigenvalue weighted by atomic mass is 10.1. The van der Waals surface area contributed by atoms with E-state index in [1.807, 2.05) is 18.2 Å². The summed E-state index contributed by atoms with van der Waals surface area (Å²) in [6, 6.07) is 10.7. The third-order valence-corrected chi connectivity index (χ3v) is 2.76. The highest BCUT2D eigenvalue weighted by molar-refractivity contribution is 6.08. The van der Waals surface area contributed by atoms with E-state index in [1.54, 1.807) is 30.6 Å². The molecule has 1 heterocycles.